The molecule has 0 bridgehead atoms. The summed E-state index contributed by atoms with van der Waals surface area (Å²) in [6.45, 7) is 13.6. The molecule has 0 spiro atoms. The van der Waals surface area contributed by atoms with Gasteiger partial charge < -0.3 is 14.8 Å². The van der Waals surface area contributed by atoms with Crippen molar-refractivity contribution in [2.24, 2.45) is 16.3 Å². The largest absolute Gasteiger partial charge is 0.490 e. The van der Waals surface area contributed by atoms with Gasteiger partial charge >= 0.3 is 0 Å². The molecule has 4 aromatic rings. The summed E-state index contributed by atoms with van der Waals surface area (Å²) in [6, 6.07) is 18.8. The maximum atomic E-state index is 13.8. The highest BCUT2D eigenvalue weighted by Crippen LogP contribution is 2.45. The SMILES string of the molecule is C=CCc1cc(C=Nc2sc3c(c2C(=O)Nc2ccc(Cl)cc2)CC[C@H](C(C)(C)C)C3)cc(OCC)c1OCc1ccccc1Cl. The lowest BCUT2D eigenvalue weighted by molar-refractivity contribution is 0.102. The fourth-order valence-electron chi connectivity index (χ4n) is 5.75. The van der Waals surface area contributed by atoms with Gasteiger partial charge in [0, 0.05) is 38.0 Å². The number of amides is 1. The molecule has 5 nitrogen and oxygen atoms in total. The van der Waals surface area contributed by atoms with E-state index >= 15 is 0 Å². The zero-order chi connectivity index (χ0) is 32.8. The zero-order valence-electron chi connectivity index (χ0n) is 26.8. The molecular formula is C38H40Cl2N2O3S. The number of carbonyl (C=O) groups excluding carboxylic acids is 1. The van der Waals surface area contributed by atoms with E-state index < -0.39 is 0 Å². The molecule has 1 aliphatic rings. The summed E-state index contributed by atoms with van der Waals surface area (Å²) >= 11 is 14.1. The van der Waals surface area contributed by atoms with Crippen LogP contribution in [0.3, 0.4) is 0 Å². The van der Waals surface area contributed by atoms with Gasteiger partial charge in [-0.15, -0.1) is 17.9 Å². The number of halogens is 2. The first-order chi connectivity index (χ1) is 22.1. The van der Waals surface area contributed by atoms with E-state index in [1.165, 1.54) is 4.88 Å². The van der Waals surface area contributed by atoms with E-state index in [-0.39, 0.29) is 11.3 Å². The molecule has 0 aliphatic heterocycles. The van der Waals surface area contributed by atoms with Crippen LogP contribution in [0.1, 0.15) is 71.6 Å². The highest BCUT2D eigenvalue weighted by Gasteiger charge is 2.33. The molecule has 0 saturated carbocycles. The number of ether oxygens (including phenoxy) is 2. The summed E-state index contributed by atoms with van der Waals surface area (Å²) in [5.74, 6) is 1.65. The Labute approximate surface area is 286 Å². The Morgan fingerprint density at radius 1 is 1.09 bits per heavy atom. The molecule has 0 fully saturated rings. The van der Waals surface area contributed by atoms with Crippen LogP contribution in [-0.2, 0) is 25.9 Å². The number of allylic oxidation sites excluding steroid dienone is 1. The monoisotopic (exact) mass is 674 g/mol. The highest BCUT2D eigenvalue weighted by molar-refractivity contribution is 7.16. The molecule has 1 heterocycles. The lowest BCUT2D eigenvalue weighted by Crippen LogP contribution is -2.27. The van der Waals surface area contributed by atoms with Crippen LogP contribution in [-0.4, -0.2) is 18.7 Å². The Bertz CT molecular complexity index is 1740. The van der Waals surface area contributed by atoms with E-state index in [1.54, 1.807) is 23.5 Å². The summed E-state index contributed by atoms with van der Waals surface area (Å²) < 4.78 is 12.4. The number of thiophene rings is 1. The molecule has 0 radical (unpaired) electrons. The summed E-state index contributed by atoms with van der Waals surface area (Å²) in [5, 5.41) is 5.04. The number of nitrogens with zero attached hydrogens (tertiary/aromatic N) is 1. The molecule has 1 atom stereocenters. The summed E-state index contributed by atoms with van der Waals surface area (Å²) in [6.07, 6.45) is 7.06. The minimum Gasteiger partial charge on any atom is -0.490 e. The fraction of sp³-hybridized carbons (Fsp3) is 0.316. The van der Waals surface area contributed by atoms with Gasteiger partial charge in [-0.1, -0.05) is 68.2 Å². The topological polar surface area (TPSA) is 59.9 Å². The molecule has 1 aliphatic carbocycles. The predicted octanol–water partition coefficient (Wildman–Crippen LogP) is 10.9. The number of benzene rings is 3. The van der Waals surface area contributed by atoms with Crippen molar-refractivity contribution < 1.29 is 14.3 Å². The molecule has 1 N–H and O–H groups in total. The summed E-state index contributed by atoms with van der Waals surface area (Å²) in [4.78, 5) is 20.0. The molecule has 5 rings (SSSR count). The van der Waals surface area contributed by atoms with Crippen molar-refractivity contribution in [1.29, 1.82) is 0 Å². The summed E-state index contributed by atoms with van der Waals surface area (Å²) in [5.41, 5.74) is 5.28. The van der Waals surface area contributed by atoms with Crippen molar-refractivity contribution in [3.63, 3.8) is 0 Å². The maximum Gasteiger partial charge on any atom is 0.259 e. The van der Waals surface area contributed by atoms with Crippen LogP contribution in [0.4, 0.5) is 10.7 Å². The maximum absolute atomic E-state index is 13.8. The van der Waals surface area contributed by atoms with Crippen LogP contribution in [0.5, 0.6) is 11.5 Å². The van der Waals surface area contributed by atoms with Gasteiger partial charge in [-0.3, -0.25) is 4.79 Å². The Morgan fingerprint density at radius 3 is 2.54 bits per heavy atom. The van der Waals surface area contributed by atoms with Crippen LogP contribution in [0.25, 0.3) is 0 Å². The molecule has 46 heavy (non-hydrogen) atoms. The van der Waals surface area contributed by atoms with E-state index in [0.29, 0.717) is 63.3 Å². The van der Waals surface area contributed by atoms with Gasteiger partial charge in [-0.2, -0.15) is 0 Å². The quantitative estimate of drug-likeness (QED) is 0.127. The van der Waals surface area contributed by atoms with Crippen LogP contribution in [0, 0.1) is 11.3 Å². The van der Waals surface area contributed by atoms with E-state index in [9.17, 15) is 4.79 Å². The third kappa shape index (κ3) is 8.03. The van der Waals surface area contributed by atoms with Crippen LogP contribution in [0.15, 0.2) is 78.3 Å². The smallest absolute Gasteiger partial charge is 0.259 e. The highest BCUT2D eigenvalue weighted by atomic mass is 35.5. The van der Waals surface area contributed by atoms with Gasteiger partial charge in [0.05, 0.1) is 12.2 Å². The fourth-order valence-corrected chi connectivity index (χ4v) is 7.34. The van der Waals surface area contributed by atoms with Crippen molar-refractivity contribution in [2.45, 2.75) is 60.0 Å². The van der Waals surface area contributed by atoms with Gasteiger partial charge in [-0.25, -0.2) is 4.99 Å². The first-order valence-corrected chi connectivity index (χ1v) is 17.2. The lowest BCUT2D eigenvalue weighted by atomic mass is 9.72. The van der Waals surface area contributed by atoms with E-state index in [1.807, 2.05) is 67.7 Å². The number of aliphatic imine (C=N–C) groups is 1. The van der Waals surface area contributed by atoms with E-state index in [2.05, 4.69) is 32.7 Å². The molecular weight excluding hydrogens is 635 g/mol. The minimum absolute atomic E-state index is 0.160. The minimum atomic E-state index is -0.160. The normalized spacial score (nSPS) is 14.6. The van der Waals surface area contributed by atoms with Crippen LogP contribution in [0.2, 0.25) is 10.0 Å². The molecule has 1 aromatic heterocycles. The second-order valence-electron chi connectivity index (χ2n) is 12.5. The molecule has 3 aromatic carbocycles. The second kappa shape index (κ2) is 14.9. The number of rotatable bonds is 11. The second-order valence-corrected chi connectivity index (χ2v) is 14.4. The van der Waals surface area contributed by atoms with E-state index in [4.69, 9.17) is 37.7 Å². The standard InChI is InChI=1S/C38H40Cl2N2O3S/c1-6-10-25-19-24(20-32(44-7-2)35(25)45-23-26-11-8-9-12-31(26)40)22-41-37-34(36(43)42-29-16-14-28(39)15-17-29)30-18-13-27(38(3,4)5)21-33(30)46-37/h6,8-9,11-12,14-17,19-20,22,27H,1,7,10,13,18,21,23H2,2-5H3,(H,42,43)/t27-/m0/s1. The predicted molar refractivity (Wildman–Crippen MR) is 193 cm³/mol. The molecule has 240 valence electrons. The van der Waals surface area contributed by atoms with E-state index in [0.717, 1.165) is 41.5 Å². The molecule has 0 unspecified atom stereocenters. The number of fused-ring (bicyclic) bond motifs is 1. The average Bonchev–Trinajstić information content (AvgIpc) is 3.39. The lowest BCUT2D eigenvalue weighted by Gasteiger charge is -2.33. The first-order valence-electron chi connectivity index (χ1n) is 15.6. The Morgan fingerprint density at radius 2 is 1.85 bits per heavy atom. The number of hydrogen-bond donors (Lipinski definition) is 1. The van der Waals surface area contributed by atoms with Gasteiger partial charge in [-0.05, 0) is 97.5 Å². The Hall–Kier alpha value is -3.58. The number of nitrogens with one attached hydrogen (secondary N) is 1. The van der Waals surface area contributed by atoms with Crippen molar-refractivity contribution in [3.8, 4) is 11.5 Å². The number of anilines is 1. The van der Waals surface area contributed by atoms with Gasteiger partial charge in [0.15, 0.2) is 11.5 Å². The third-order valence-corrected chi connectivity index (χ3v) is 10.1. The van der Waals surface area contributed by atoms with Crippen molar-refractivity contribution in [1.82, 2.24) is 0 Å². The van der Waals surface area contributed by atoms with Crippen molar-refractivity contribution in [2.75, 3.05) is 11.9 Å². The Balaban J connectivity index is 1.50. The first kappa shape index (κ1) is 33.8. The average molecular weight is 676 g/mol. The molecule has 8 heteroatoms. The third-order valence-electron chi connectivity index (χ3n) is 8.28. The molecule has 1 amide bonds. The molecule has 0 saturated heterocycles. The van der Waals surface area contributed by atoms with Gasteiger partial charge in [0.25, 0.3) is 5.91 Å². The van der Waals surface area contributed by atoms with Crippen LogP contribution >= 0.6 is 34.5 Å². The number of carbonyl (C=O) groups is 1. The van der Waals surface area contributed by atoms with Crippen LogP contribution < -0.4 is 14.8 Å². The summed E-state index contributed by atoms with van der Waals surface area (Å²) in [7, 11) is 0. The zero-order valence-corrected chi connectivity index (χ0v) is 29.1. The van der Waals surface area contributed by atoms with Crippen molar-refractivity contribution >= 4 is 57.3 Å². The van der Waals surface area contributed by atoms with Gasteiger partial charge in [0.1, 0.15) is 11.6 Å². The van der Waals surface area contributed by atoms with Crippen molar-refractivity contribution in [3.05, 3.63) is 116 Å². The Kier molecular flexibility index (Phi) is 10.9. The van der Waals surface area contributed by atoms with Gasteiger partial charge in [0.2, 0.25) is 0 Å². The number of hydrogen-bond acceptors (Lipinski definition) is 5.